The summed E-state index contributed by atoms with van der Waals surface area (Å²) in [4.78, 5) is 4.88. The molecule has 8 heteroatoms. The molecule has 3 rings (SSSR count). The Morgan fingerprint density at radius 1 is 1.11 bits per heavy atom. The third kappa shape index (κ3) is 3.85. The maximum Gasteiger partial charge on any atom is 0.492 e. The van der Waals surface area contributed by atoms with Crippen molar-refractivity contribution in [2.24, 2.45) is 10.9 Å². The van der Waals surface area contributed by atoms with Gasteiger partial charge in [-0.15, -0.1) is 0 Å². The third-order valence-corrected chi connectivity index (χ3v) is 7.29. The number of nitrogens with zero attached hydrogens (tertiary/aromatic N) is 1. The first-order valence-corrected chi connectivity index (χ1v) is 10.7. The first kappa shape index (κ1) is 20.5. The average molecular weight is 392 g/mol. The third-order valence-electron chi connectivity index (χ3n) is 5.38. The Kier molecular flexibility index (Phi) is 4.87. The molecule has 2 heterocycles. The Hall–Kier alpha value is -1.22. The van der Waals surface area contributed by atoms with Gasteiger partial charge >= 0.3 is 7.12 Å². The molecule has 1 fully saturated rings. The van der Waals surface area contributed by atoms with Crippen molar-refractivity contribution in [3.05, 3.63) is 34.7 Å². The first-order chi connectivity index (χ1) is 12.2. The van der Waals surface area contributed by atoms with Crippen LogP contribution in [0.25, 0.3) is 0 Å². The minimum atomic E-state index is -3.64. The van der Waals surface area contributed by atoms with Crippen molar-refractivity contribution in [3.8, 4) is 0 Å². The highest BCUT2D eigenvalue weighted by atomic mass is 32.2. The number of fused-ring (bicyclic) bond motifs is 1. The number of sulfonamides is 1. The van der Waals surface area contributed by atoms with E-state index < -0.39 is 33.9 Å². The number of dihydropyridines is 1. The first-order valence-electron chi connectivity index (χ1n) is 9.25. The van der Waals surface area contributed by atoms with Crippen LogP contribution in [0.1, 0.15) is 48.5 Å². The van der Waals surface area contributed by atoms with Gasteiger partial charge in [-0.2, -0.15) is 0 Å². The zero-order chi connectivity index (χ0) is 20.3. The normalized spacial score (nSPS) is 29.4. The molecule has 3 aliphatic rings. The van der Waals surface area contributed by atoms with Gasteiger partial charge in [0.05, 0.1) is 22.1 Å². The van der Waals surface area contributed by atoms with E-state index in [2.05, 4.69) is 9.71 Å². The van der Waals surface area contributed by atoms with Gasteiger partial charge in [0.25, 0.3) is 0 Å². The minimum Gasteiger partial charge on any atom is -0.400 e. The summed E-state index contributed by atoms with van der Waals surface area (Å²) < 4.78 is 40.9. The van der Waals surface area contributed by atoms with Crippen molar-refractivity contribution in [2.45, 2.75) is 71.2 Å². The lowest BCUT2D eigenvalue weighted by Gasteiger charge is -2.33. The monoisotopic (exact) mass is 392 g/mol. The van der Waals surface area contributed by atoms with Gasteiger partial charge in [-0.1, -0.05) is 12.2 Å². The lowest BCUT2D eigenvalue weighted by Crippen LogP contribution is -2.45. The van der Waals surface area contributed by atoms with E-state index in [9.17, 15) is 8.42 Å². The predicted octanol–water partition coefficient (Wildman–Crippen LogP) is 2.79. The zero-order valence-corrected chi connectivity index (χ0v) is 17.9. The molecule has 0 aromatic heterocycles. The van der Waals surface area contributed by atoms with E-state index in [-0.39, 0.29) is 12.0 Å². The average Bonchev–Trinajstić information content (AvgIpc) is 2.71. The molecular weight excluding hydrogens is 363 g/mol. The van der Waals surface area contributed by atoms with Crippen LogP contribution in [0.15, 0.2) is 39.7 Å². The van der Waals surface area contributed by atoms with E-state index in [0.29, 0.717) is 4.91 Å². The quantitative estimate of drug-likeness (QED) is 0.750. The van der Waals surface area contributed by atoms with Crippen molar-refractivity contribution in [2.75, 3.05) is 0 Å². The number of nitrogens with one attached hydrogen (secondary N) is 1. The van der Waals surface area contributed by atoms with Gasteiger partial charge in [0.15, 0.2) is 0 Å². The maximum atomic E-state index is 12.9. The van der Waals surface area contributed by atoms with Crippen molar-refractivity contribution in [1.82, 2.24) is 4.72 Å². The molecule has 148 valence electrons. The van der Waals surface area contributed by atoms with E-state index in [4.69, 9.17) is 9.31 Å². The Balaban J connectivity index is 1.99. The number of hydrogen-bond donors (Lipinski definition) is 1. The molecule has 0 radical (unpaired) electrons. The molecule has 2 atom stereocenters. The van der Waals surface area contributed by atoms with Gasteiger partial charge < -0.3 is 9.31 Å². The van der Waals surface area contributed by atoms with Crippen LogP contribution >= 0.6 is 0 Å². The molecule has 0 bridgehead atoms. The van der Waals surface area contributed by atoms with Crippen molar-refractivity contribution >= 4 is 23.4 Å². The molecule has 0 aromatic carbocycles. The summed E-state index contributed by atoms with van der Waals surface area (Å²) in [5.74, 6) is -0.381. The summed E-state index contributed by atoms with van der Waals surface area (Å²) in [6.45, 7) is 13.5. The second-order valence-corrected chi connectivity index (χ2v) is 11.0. The van der Waals surface area contributed by atoms with E-state index in [1.807, 2.05) is 54.5 Å². The maximum absolute atomic E-state index is 12.9. The van der Waals surface area contributed by atoms with Gasteiger partial charge in [-0.05, 0) is 66.1 Å². The highest BCUT2D eigenvalue weighted by Crippen LogP contribution is 2.43. The molecular formula is C19H29BN2O4S. The van der Waals surface area contributed by atoms with Crippen LogP contribution in [0, 0.1) is 5.92 Å². The van der Waals surface area contributed by atoms with Crippen molar-refractivity contribution in [3.63, 3.8) is 0 Å². The molecule has 1 aliphatic carbocycles. The van der Waals surface area contributed by atoms with Crippen LogP contribution in [0.3, 0.4) is 0 Å². The van der Waals surface area contributed by atoms with E-state index in [0.717, 1.165) is 5.47 Å². The fraction of sp³-hybridized carbons (Fsp3) is 0.632. The second kappa shape index (κ2) is 6.41. The number of allylic oxidation sites excluding steroid dienone is 3. The molecule has 2 aliphatic heterocycles. The highest BCUT2D eigenvalue weighted by molar-refractivity contribution is 7.93. The van der Waals surface area contributed by atoms with Crippen LogP contribution in [-0.2, 0) is 19.3 Å². The molecule has 0 saturated carbocycles. The van der Waals surface area contributed by atoms with Crippen LogP contribution in [-0.4, -0.2) is 44.5 Å². The second-order valence-electron chi connectivity index (χ2n) is 9.33. The predicted molar refractivity (Wildman–Crippen MR) is 109 cm³/mol. The number of rotatable bonds is 3. The number of aliphatic imine (C=N–C) groups is 1. The minimum absolute atomic E-state index is 0.316. The topological polar surface area (TPSA) is 77.0 Å². The molecule has 1 N–H and O–H groups in total. The summed E-state index contributed by atoms with van der Waals surface area (Å²) >= 11 is 0. The van der Waals surface area contributed by atoms with E-state index >= 15 is 0 Å². The van der Waals surface area contributed by atoms with Gasteiger partial charge in [0.1, 0.15) is 0 Å². The highest BCUT2D eigenvalue weighted by Gasteiger charge is 2.54. The Morgan fingerprint density at radius 2 is 1.70 bits per heavy atom. The van der Waals surface area contributed by atoms with Crippen LogP contribution < -0.4 is 4.72 Å². The SMILES string of the molecule is CC(C)(C)NS(=O)(=O)C1=CC=C(B2OC(C)(C)C(C)(C)O2)C2N=CC=CC12. The lowest BCUT2D eigenvalue weighted by molar-refractivity contribution is 0.00578. The molecule has 0 aromatic rings. The van der Waals surface area contributed by atoms with E-state index in [1.165, 1.54) is 0 Å². The van der Waals surface area contributed by atoms with Gasteiger partial charge in [-0.25, -0.2) is 13.1 Å². The summed E-state index contributed by atoms with van der Waals surface area (Å²) in [6, 6.07) is -0.360. The standard InChI is InChI=1S/C19H29BN2O4S/c1-17(2,3)22-27(23,24)15-11-10-14(16-13(15)9-8-12-21-16)20-25-18(4,5)19(6,7)26-20/h8-13,16,22H,1-7H3. The molecule has 27 heavy (non-hydrogen) atoms. The molecule has 1 saturated heterocycles. The Bertz CT molecular complexity index is 831. The molecule has 0 amide bonds. The zero-order valence-electron chi connectivity index (χ0n) is 17.1. The number of hydrogen-bond acceptors (Lipinski definition) is 5. The van der Waals surface area contributed by atoms with Gasteiger partial charge in [-0.3, -0.25) is 4.99 Å². The largest absolute Gasteiger partial charge is 0.492 e. The Labute approximate surface area is 163 Å². The smallest absolute Gasteiger partial charge is 0.400 e. The summed E-state index contributed by atoms with van der Waals surface area (Å²) in [7, 11) is -4.20. The van der Waals surface area contributed by atoms with Crippen molar-refractivity contribution in [1.29, 1.82) is 0 Å². The van der Waals surface area contributed by atoms with Crippen LogP contribution in [0.2, 0.25) is 0 Å². The summed E-state index contributed by atoms with van der Waals surface area (Å²) in [5.41, 5.74) is -0.654. The summed E-state index contributed by atoms with van der Waals surface area (Å²) in [6.07, 6.45) is 8.81. The fourth-order valence-electron chi connectivity index (χ4n) is 3.37. The fourth-order valence-corrected chi connectivity index (χ4v) is 5.11. The molecule has 0 spiro atoms. The van der Waals surface area contributed by atoms with Crippen LogP contribution in [0.4, 0.5) is 0 Å². The lowest BCUT2D eigenvalue weighted by atomic mass is 9.68. The van der Waals surface area contributed by atoms with Gasteiger partial charge in [0.2, 0.25) is 10.0 Å². The van der Waals surface area contributed by atoms with Crippen molar-refractivity contribution < 1.29 is 17.7 Å². The Morgan fingerprint density at radius 3 is 2.26 bits per heavy atom. The summed E-state index contributed by atoms with van der Waals surface area (Å²) in [5, 5.41) is 0. The molecule has 6 nitrogen and oxygen atoms in total. The molecule has 2 unspecified atom stereocenters. The van der Waals surface area contributed by atoms with Gasteiger partial charge in [0, 0.05) is 17.7 Å². The van der Waals surface area contributed by atoms with Crippen LogP contribution in [0.5, 0.6) is 0 Å². The van der Waals surface area contributed by atoms with E-state index in [1.54, 1.807) is 24.4 Å².